The molecule has 6 heteroatoms. The second-order valence-electron chi connectivity index (χ2n) is 5.80. The van der Waals surface area contributed by atoms with Crippen LogP contribution in [0, 0.1) is 0 Å². The average molecular weight is 302 g/mol. The van der Waals surface area contributed by atoms with Crippen molar-refractivity contribution in [1.29, 1.82) is 0 Å². The highest BCUT2D eigenvalue weighted by molar-refractivity contribution is 6.00. The number of nitrogens with zero attached hydrogens (tertiary/aromatic N) is 1. The largest absolute Gasteiger partial charge is 0.443 e. The van der Waals surface area contributed by atoms with Crippen molar-refractivity contribution < 1.29 is 13.9 Å². The molecule has 0 bridgehead atoms. The zero-order valence-corrected chi connectivity index (χ0v) is 13.0. The van der Waals surface area contributed by atoms with E-state index < -0.39 is 17.3 Å². The Morgan fingerprint density at radius 3 is 2.64 bits per heavy atom. The molecular formula is C16H18N2O4. The highest BCUT2D eigenvalue weighted by atomic mass is 16.6. The van der Waals surface area contributed by atoms with Gasteiger partial charge in [-0.1, -0.05) is 18.2 Å². The monoisotopic (exact) mass is 302 g/mol. The minimum Gasteiger partial charge on any atom is -0.443 e. The molecule has 1 heterocycles. The third kappa shape index (κ3) is 3.94. The summed E-state index contributed by atoms with van der Waals surface area (Å²) in [5.41, 5.74) is 2.26. The Hall–Kier alpha value is -2.63. The molecule has 1 aromatic heterocycles. The van der Waals surface area contributed by atoms with Crippen LogP contribution in [0.4, 0.5) is 4.79 Å². The van der Waals surface area contributed by atoms with Crippen molar-refractivity contribution in [2.75, 3.05) is 0 Å². The molecule has 0 unspecified atom stereocenters. The van der Waals surface area contributed by atoms with Gasteiger partial charge in [0, 0.05) is 5.39 Å². The summed E-state index contributed by atoms with van der Waals surface area (Å²) in [5.74, 6) is 0. The third-order valence-electron chi connectivity index (χ3n) is 2.74. The zero-order valence-electron chi connectivity index (χ0n) is 13.0. The lowest BCUT2D eigenvalue weighted by Gasteiger charge is -2.18. The van der Waals surface area contributed by atoms with E-state index in [-0.39, 0.29) is 5.56 Å². The first kappa shape index (κ1) is 15.8. The van der Waals surface area contributed by atoms with Crippen LogP contribution >= 0.6 is 0 Å². The van der Waals surface area contributed by atoms with Gasteiger partial charge in [0.25, 0.3) is 0 Å². The average Bonchev–Trinajstić information content (AvgIpc) is 2.42. The van der Waals surface area contributed by atoms with E-state index in [2.05, 4.69) is 10.5 Å². The lowest BCUT2D eigenvalue weighted by Crippen LogP contribution is -2.30. The Balaban J connectivity index is 2.24. The van der Waals surface area contributed by atoms with Crippen LogP contribution in [-0.4, -0.2) is 17.4 Å². The first-order chi connectivity index (χ1) is 10.3. The van der Waals surface area contributed by atoms with E-state index >= 15 is 0 Å². The van der Waals surface area contributed by atoms with Crippen LogP contribution in [0.3, 0.4) is 0 Å². The standard InChI is InChI=1S/C16H18N2O4/c1-10(17-18-15(20)22-16(2,3)4)12-9-11-7-5-6-8-13(11)21-14(12)19/h5-9H,1-4H3,(H,18,20)/b17-10-. The number of hydrazone groups is 1. The Morgan fingerprint density at radius 1 is 1.27 bits per heavy atom. The van der Waals surface area contributed by atoms with E-state index in [0.717, 1.165) is 5.39 Å². The summed E-state index contributed by atoms with van der Waals surface area (Å²) >= 11 is 0. The molecule has 0 aliphatic rings. The van der Waals surface area contributed by atoms with Crippen molar-refractivity contribution in [2.24, 2.45) is 5.10 Å². The number of benzene rings is 1. The molecule has 0 aliphatic heterocycles. The SMILES string of the molecule is C/C(=N/NC(=O)OC(C)(C)C)c1cc2ccccc2oc1=O. The molecule has 2 aromatic rings. The quantitative estimate of drug-likeness (QED) is 0.525. The van der Waals surface area contributed by atoms with Gasteiger partial charge in [-0.3, -0.25) is 0 Å². The van der Waals surface area contributed by atoms with Gasteiger partial charge >= 0.3 is 11.7 Å². The number of ether oxygens (including phenoxy) is 1. The minimum absolute atomic E-state index is 0.287. The van der Waals surface area contributed by atoms with Crippen LogP contribution in [-0.2, 0) is 4.74 Å². The molecule has 22 heavy (non-hydrogen) atoms. The number of rotatable bonds is 2. The summed E-state index contributed by atoms with van der Waals surface area (Å²) in [6, 6.07) is 8.85. The predicted molar refractivity (Wildman–Crippen MR) is 84.1 cm³/mol. The summed E-state index contributed by atoms with van der Waals surface area (Å²) in [4.78, 5) is 23.5. The van der Waals surface area contributed by atoms with Gasteiger partial charge in [-0.15, -0.1) is 0 Å². The van der Waals surface area contributed by atoms with Gasteiger partial charge < -0.3 is 9.15 Å². The Bertz CT molecular complexity index is 785. The zero-order chi connectivity index (χ0) is 16.3. The molecule has 0 radical (unpaired) electrons. The van der Waals surface area contributed by atoms with Crippen LogP contribution in [0.2, 0.25) is 0 Å². The van der Waals surface area contributed by atoms with Crippen LogP contribution in [0.15, 0.2) is 44.6 Å². The second kappa shape index (κ2) is 6.01. The highest BCUT2D eigenvalue weighted by Crippen LogP contribution is 2.13. The van der Waals surface area contributed by atoms with Gasteiger partial charge in [0.15, 0.2) is 0 Å². The number of fused-ring (bicyclic) bond motifs is 1. The summed E-state index contributed by atoms with van der Waals surface area (Å²) in [5, 5.41) is 4.66. The minimum atomic E-state index is -0.683. The van der Waals surface area contributed by atoms with E-state index in [9.17, 15) is 9.59 Å². The van der Waals surface area contributed by atoms with Gasteiger partial charge in [-0.2, -0.15) is 5.10 Å². The number of hydrogen-bond acceptors (Lipinski definition) is 5. The molecule has 1 N–H and O–H groups in total. The lowest BCUT2D eigenvalue weighted by atomic mass is 10.1. The van der Waals surface area contributed by atoms with Crippen LogP contribution in [0.25, 0.3) is 11.0 Å². The Labute approximate surface area is 127 Å². The van der Waals surface area contributed by atoms with Gasteiger partial charge in [0.1, 0.15) is 11.2 Å². The third-order valence-corrected chi connectivity index (χ3v) is 2.74. The van der Waals surface area contributed by atoms with Gasteiger partial charge in [0.2, 0.25) is 0 Å². The summed E-state index contributed by atoms with van der Waals surface area (Å²) in [6.07, 6.45) is -0.683. The fourth-order valence-corrected chi connectivity index (χ4v) is 1.80. The molecule has 1 amide bonds. The van der Waals surface area contributed by atoms with Crippen molar-refractivity contribution in [3.8, 4) is 0 Å². The molecule has 6 nitrogen and oxygen atoms in total. The molecule has 0 spiro atoms. The molecule has 0 fully saturated rings. The van der Waals surface area contributed by atoms with E-state index in [1.165, 1.54) is 0 Å². The summed E-state index contributed by atoms with van der Waals surface area (Å²) < 4.78 is 10.3. The fourth-order valence-electron chi connectivity index (χ4n) is 1.80. The number of nitrogens with one attached hydrogen (secondary N) is 1. The number of amides is 1. The number of carbonyl (C=O) groups is 1. The molecular weight excluding hydrogens is 284 g/mol. The maximum absolute atomic E-state index is 12.0. The number of hydrogen-bond donors (Lipinski definition) is 1. The molecule has 0 saturated heterocycles. The van der Waals surface area contributed by atoms with Crippen LogP contribution in [0.5, 0.6) is 0 Å². The first-order valence-corrected chi connectivity index (χ1v) is 6.83. The second-order valence-corrected chi connectivity index (χ2v) is 5.80. The molecule has 0 aliphatic carbocycles. The molecule has 1 aromatic carbocycles. The maximum Gasteiger partial charge on any atom is 0.428 e. The topological polar surface area (TPSA) is 80.9 Å². The van der Waals surface area contributed by atoms with Gasteiger partial charge in [-0.25, -0.2) is 15.0 Å². The Morgan fingerprint density at radius 2 is 1.95 bits per heavy atom. The van der Waals surface area contributed by atoms with Gasteiger partial charge in [-0.05, 0) is 39.8 Å². The number of carbonyl (C=O) groups excluding carboxylic acids is 1. The first-order valence-electron chi connectivity index (χ1n) is 6.83. The van der Waals surface area contributed by atoms with Crippen LogP contribution in [0.1, 0.15) is 33.3 Å². The van der Waals surface area contributed by atoms with Crippen molar-refractivity contribution in [2.45, 2.75) is 33.3 Å². The van der Waals surface area contributed by atoms with E-state index in [4.69, 9.17) is 9.15 Å². The predicted octanol–water partition coefficient (Wildman–Crippen LogP) is 3.04. The van der Waals surface area contributed by atoms with E-state index in [1.807, 2.05) is 12.1 Å². The normalized spacial score (nSPS) is 12.3. The highest BCUT2D eigenvalue weighted by Gasteiger charge is 2.16. The smallest absolute Gasteiger partial charge is 0.428 e. The molecule has 0 atom stereocenters. The van der Waals surface area contributed by atoms with Crippen molar-refractivity contribution in [3.63, 3.8) is 0 Å². The van der Waals surface area contributed by atoms with E-state index in [1.54, 1.807) is 45.9 Å². The van der Waals surface area contributed by atoms with E-state index in [0.29, 0.717) is 11.3 Å². The summed E-state index contributed by atoms with van der Waals surface area (Å²) in [6.45, 7) is 6.86. The molecule has 2 rings (SSSR count). The molecule has 0 saturated carbocycles. The van der Waals surface area contributed by atoms with Crippen LogP contribution < -0.4 is 11.1 Å². The maximum atomic E-state index is 12.0. The van der Waals surface area contributed by atoms with Gasteiger partial charge in [0.05, 0.1) is 11.3 Å². The van der Waals surface area contributed by atoms with Crippen molar-refractivity contribution in [3.05, 3.63) is 46.3 Å². The Kier molecular flexibility index (Phi) is 4.30. The fraction of sp³-hybridized carbons (Fsp3) is 0.312. The lowest BCUT2D eigenvalue weighted by molar-refractivity contribution is 0.0529. The number of para-hydroxylation sites is 1. The summed E-state index contributed by atoms with van der Waals surface area (Å²) in [7, 11) is 0. The molecule has 116 valence electrons. The van der Waals surface area contributed by atoms with Crippen molar-refractivity contribution >= 4 is 22.8 Å². The van der Waals surface area contributed by atoms with Crippen molar-refractivity contribution in [1.82, 2.24) is 5.43 Å².